The lowest BCUT2D eigenvalue weighted by atomic mass is 9.99. The molecule has 0 aliphatic carbocycles. The van der Waals surface area contributed by atoms with E-state index >= 15 is 0 Å². The first-order valence-corrected chi connectivity index (χ1v) is 8.35. The zero-order chi connectivity index (χ0) is 19.0. The van der Waals surface area contributed by atoms with E-state index in [4.69, 9.17) is 0 Å². The molecule has 0 saturated carbocycles. The van der Waals surface area contributed by atoms with E-state index in [0.29, 0.717) is 29.1 Å². The van der Waals surface area contributed by atoms with Gasteiger partial charge in [-0.1, -0.05) is 30.3 Å². The van der Waals surface area contributed by atoms with Crippen LogP contribution >= 0.6 is 0 Å². The van der Waals surface area contributed by atoms with Gasteiger partial charge in [0.1, 0.15) is 5.82 Å². The summed E-state index contributed by atoms with van der Waals surface area (Å²) in [4.78, 5) is 0. The number of nitrogens with one attached hydrogen (secondary N) is 1. The predicted molar refractivity (Wildman–Crippen MR) is 94.5 cm³/mol. The van der Waals surface area contributed by atoms with Gasteiger partial charge in [0, 0.05) is 18.7 Å². The van der Waals surface area contributed by atoms with Crippen LogP contribution in [0.25, 0.3) is 17.3 Å². The van der Waals surface area contributed by atoms with E-state index in [-0.39, 0.29) is 17.9 Å². The fourth-order valence-corrected chi connectivity index (χ4v) is 3.22. The van der Waals surface area contributed by atoms with Crippen LogP contribution in [0, 0.1) is 5.82 Å². The van der Waals surface area contributed by atoms with Gasteiger partial charge >= 0.3 is 6.18 Å². The summed E-state index contributed by atoms with van der Waals surface area (Å²) in [7, 11) is 0. The molecule has 1 N–H and O–H groups in total. The number of para-hydroxylation sites is 1. The molecule has 3 nitrogen and oxygen atoms in total. The van der Waals surface area contributed by atoms with Crippen LogP contribution in [0.4, 0.5) is 17.6 Å². The topological polar surface area (TPSA) is 29.9 Å². The highest BCUT2D eigenvalue weighted by Crippen LogP contribution is 2.37. The molecule has 2 heterocycles. The van der Waals surface area contributed by atoms with Crippen molar-refractivity contribution in [2.24, 2.45) is 0 Å². The third-order valence-electron chi connectivity index (χ3n) is 4.39. The van der Waals surface area contributed by atoms with Crippen LogP contribution in [0.1, 0.15) is 22.5 Å². The van der Waals surface area contributed by atoms with Crippen LogP contribution in [0.3, 0.4) is 0 Å². The Hall–Kier alpha value is -2.93. The highest BCUT2D eigenvalue weighted by molar-refractivity contribution is 5.84. The summed E-state index contributed by atoms with van der Waals surface area (Å²) in [5.74, 6) is -0.367. The van der Waals surface area contributed by atoms with Crippen LogP contribution in [0.2, 0.25) is 0 Å². The van der Waals surface area contributed by atoms with Crippen molar-refractivity contribution in [2.75, 3.05) is 6.54 Å². The van der Waals surface area contributed by atoms with E-state index in [9.17, 15) is 17.6 Å². The van der Waals surface area contributed by atoms with Gasteiger partial charge in [-0.2, -0.15) is 18.3 Å². The monoisotopic (exact) mass is 373 g/mol. The second kappa shape index (κ2) is 6.66. The zero-order valence-corrected chi connectivity index (χ0v) is 14.1. The van der Waals surface area contributed by atoms with Crippen molar-refractivity contribution in [3.05, 3.63) is 82.9 Å². The van der Waals surface area contributed by atoms with Gasteiger partial charge in [0.15, 0.2) is 5.69 Å². The Balaban J connectivity index is 1.92. The van der Waals surface area contributed by atoms with Gasteiger partial charge in [-0.05, 0) is 41.5 Å². The number of aromatic nitrogens is 2. The average molecular weight is 373 g/mol. The lowest BCUT2D eigenvalue weighted by molar-refractivity contribution is -0.142. The van der Waals surface area contributed by atoms with E-state index in [2.05, 4.69) is 10.4 Å². The van der Waals surface area contributed by atoms with Crippen LogP contribution in [0.15, 0.2) is 54.6 Å². The predicted octanol–water partition coefficient (Wildman–Crippen LogP) is 4.67. The number of benzene rings is 2. The maximum Gasteiger partial charge on any atom is 0.435 e. The molecule has 1 aliphatic heterocycles. The summed E-state index contributed by atoms with van der Waals surface area (Å²) in [6.07, 6.45) is -2.80. The number of nitrogens with zero attached hydrogens (tertiary/aromatic N) is 2. The number of alkyl halides is 3. The summed E-state index contributed by atoms with van der Waals surface area (Å²) < 4.78 is 55.1. The van der Waals surface area contributed by atoms with Crippen LogP contribution in [-0.4, -0.2) is 16.3 Å². The van der Waals surface area contributed by atoms with Crippen molar-refractivity contribution < 1.29 is 17.6 Å². The summed E-state index contributed by atoms with van der Waals surface area (Å²) in [6.45, 7) is 0.470. The Morgan fingerprint density at radius 2 is 1.67 bits per heavy atom. The largest absolute Gasteiger partial charge is 0.435 e. The quantitative estimate of drug-likeness (QED) is 0.662. The van der Waals surface area contributed by atoms with Crippen molar-refractivity contribution >= 4 is 11.6 Å². The fraction of sp³-hybridized carbons (Fsp3) is 0.150. The SMILES string of the molecule is Fc1ccc(/C=C2\CNCc3c(C(F)(F)F)nn(-c4ccccc4)c32)cc1. The first kappa shape index (κ1) is 17.5. The van der Waals surface area contributed by atoms with Crippen LogP contribution < -0.4 is 5.32 Å². The van der Waals surface area contributed by atoms with Gasteiger partial charge in [-0.3, -0.25) is 0 Å². The lowest BCUT2D eigenvalue weighted by Crippen LogP contribution is -2.25. The molecule has 0 bridgehead atoms. The third-order valence-corrected chi connectivity index (χ3v) is 4.39. The van der Waals surface area contributed by atoms with Crippen LogP contribution in [0.5, 0.6) is 0 Å². The molecular formula is C20H15F4N3. The molecule has 4 rings (SSSR count). The van der Waals surface area contributed by atoms with Gasteiger partial charge in [0.2, 0.25) is 0 Å². The minimum Gasteiger partial charge on any atom is -0.308 e. The number of halogens is 4. The van der Waals surface area contributed by atoms with Crippen molar-refractivity contribution in [3.63, 3.8) is 0 Å². The summed E-state index contributed by atoms with van der Waals surface area (Å²) in [5.41, 5.74) is 1.57. The smallest absolute Gasteiger partial charge is 0.308 e. The average Bonchev–Trinajstić information content (AvgIpc) is 3.05. The molecule has 3 aromatic rings. The first-order chi connectivity index (χ1) is 12.9. The standard InChI is InChI=1S/C20H15F4N3/c21-15-8-6-13(7-9-15)10-14-11-25-12-17-18(14)27(16-4-2-1-3-5-16)26-19(17)20(22,23)24/h1-10,25H,11-12H2/b14-10+. The van der Waals surface area contributed by atoms with Gasteiger partial charge in [0.25, 0.3) is 0 Å². The molecule has 138 valence electrons. The van der Waals surface area contributed by atoms with E-state index in [1.807, 2.05) is 0 Å². The molecule has 0 unspecified atom stereocenters. The molecule has 0 fully saturated rings. The van der Waals surface area contributed by atoms with Crippen LogP contribution in [-0.2, 0) is 12.7 Å². The van der Waals surface area contributed by atoms with Crippen molar-refractivity contribution in [2.45, 2.75) is 12.7 Å². The molecule has 2 aromatic carbocycles. The summed E-state index contributed by atoms with van der Waals surface area (Å²) in [6, 6.07) is 14.5. The summed E-state index contributed by atoms with van der Waals surface area (Å²) >= 11 is 0. The van der Waals surface area contributed by atoms with E-state index in [1.165, 1.54) is 16.8 Å². The number of fused-ring (bicyclic) bond motifs is 1. The minimum absolute atomic E-state index is 0.0811. The zero-order valence-electron chi connectivity index (χ0n) is 14.1. The second-order valence-electron chi connectivity index (χ2n) is 6.25. The molecule has 0 radical (unpaired) electrons. The van der Waals surface area contributed by atoms with Crippen molar-refractivity contribution in [1.82, 2.24) is 15.1 Å². The molecule has 0 saturated heterocycles. The third kappa shape index (κ3) is 3.38. The summed E-state index contributed by atoms with van der Waals surface area (Å²) in [5, 5.41) is 6.89. The van der Waals surface area contributed by atoms with Gasteiger partial charge < -0.3 is 5.32 Å². The normalized spacial score (nSPS) is 15.8. The Morgan fingerprint density at radius 1 is 0.963 bits per heavy atom. The Labute approximate surface area is 152 Å². The van der Waals surface area contributed by atoms with E-state index in [0.717, 1.165) is 0 Å². The van der Waals surface area contributed by atoms with E-state index in [1.54, 1.807) is 48.5 Å². The van der Waals surface area contributed by atoms with Gasteiger partial charge in [-0.25, -0.2) is 9.07 Å². The van der Waals surface area contributed by atoms with E-state index < -0.39 is 11.9 Å². The van der Waals surface area contributed by atoms with Crippen molar-refractivity contribution in [1.29, 1.82) is 0 Å². The Bertz CT molecular complexity index is 987. The molecule has 0 atom stereocenters. The number of rotatable bonds is 2. The minimum atomic E-state index is -4.55. The Morgan fingerprint density at radius 3 is 2.33 bits per heavy atom. The first-order valence-electron chi connectivity index (χ1n) is 8.35. The fourth-order valence-electron chi connectivity index (χ4n) is 3.22. The van der Waals surface area contributed by atoms with Crippen molar-refractivity contribution in [3.8, 4) is 5.69 Å². The molecule has 0 amide bonds. The number of hydrogen-bond donors (Lipinski definition) is 1. The highest BCUT2D eigenvalue weighted by Gasteiger charge is 2.40. The second-order valence-corrected chi connectivity index (χ2v) is 6.25. The molecule has 1 aliphatic rings. The Kier molecular flexibility index (Phi) is 4.31. The maximum atomic E-state index is 13.5. The molecule has 27 heavy (non-hydrogen) atoms. The molecule has 0 spiro atoms. The molecular weight excluding hydrogens is 358 g/mol. The number of hydrogen-bond acceptors (Lipinski definition) is 2. The maximum absolute atomic E-state index is 13.5. The van der Waals surface area contributed by atoms with Gasteiger partial charge in [-0.15, -0.1) is 0 Å². The molecule has 7 heteroatoms. The van der Waals surface area contributed by atoms with Gasteiger partial charge in [0.05, 0.1) is 11.4 Å². The molecule has 1 aromatic heterocycles. The highest BCUT2D eigenvalue weighted by atomic mass is 19.4. The lowest BCUT2D eigenvalue weighted by Gasteiger charge is -2.20.